The number of hydrogen-bond acceptors (Lipinski definition) is 4. The highest BCUT2D eigenvalue weighted by atomic mass is 15.1. The number of aryl methyl sites for hydroxylation is 1. The first-order valence-electron chi connectivity index (χ1n) is 8.39. The van der Waals surface area contributed by atoms with Crippen molar-refractivity contribution < 1.29 is 0 Å². The molecule has 0 aromatic carbocycles. The van der Waals surface area contributed by atoms with Gasteiger partial charge in [-0.25, -0.2) is 9.97 Å². The van der Waals surface area contributed by atoms with Gasteiger partial charge in [-0.3, -0.25) is 0 Å². The molecule has 0 saturated heterocycles. The van der Waals surface area contributed by atoms with Crippen molar-refractivity contribution in [3.8, 4) is 0 Å². The Balaban J connectivity index is 3.13. The summed E-state index contributed by atoms with van der Waals surface area (Å²) in [6, 6.07) is 0. The van der Waals surface area contributed by atoms with Crippen LogP contribution in [0.1, 0.15) is 71.7 Å². The lowest BCUT2D eigenvalue weighted by Crippen LogP contribution is -2.34. The molecule has 1 aromatic heterocycles. The summed E-state index contributed by atoms with van der Waals surface area (Å²) in [6.07, 6.45) is 5.23. The maximum absolute atomic E-state index is 4.75. The van der Waals surface area contributed by atoms with E-state index in [1.165, 1.54) is 0 Å². The molecule has 120 valence electrons. The zero-order valence-electron chi connectivity index (χ0n) is 14.6. The minimum atomic E-state index is 0.0879. The molecule has 1 aromatic rings. The first kappa shape index (κ1) is 17.7. The summed E-state index contributed by atoms with van der Waals surface area (Å²) in [7, 11) is 0. The van der Waals surface area contributed by atoms with Gasteiger partial charge in [-0.2, -0.15) is 0 Å². The van der Waals surface area contributed by atoms with Crippen LogP contribution >= 0.6 is 0 Å². The Morgan fingerprint density at radius 3 is 2.10 bits per heavy atom. The van der Waals surface area contributed by atoms with E-state index in [1.54, 1.807) is 0 Å². The molecule has 0 aliphatic heterocycles. The molecule has 4 heteroatoms. The molecule has 0 aliphatic carbocycles. The van der Waals surface area contributed by atoms with E-state index >= 15 is 0 Å². The third-order valence-electron chi connectivity index (χ3n) is 4.19. The molecule has 1 heterocycles. The lowest BCUT2D eigenvalue weighted by Gasteiger charge is -2.30. The standard InChI is InChI=1S/C17H32N4/c1-7-11-14-19-15(18-12-8-2)13(5)16(20-14)21-17(6,9-3)10-4/h7-12H2,1-6H3,(H2,18,19,20,21). The van der Waals surface area contributed by atoms with Crippen LogP contribution in [-0.4, -0.2) is 22.1 Å². The number of aromatic nitrogens is 2. The Morgan fingerprint density at radius 1 is 0.952 bits per heavy atom. The van der Waals surface area contributed by atoms with Crippen molar-refractivity contribution in [2.45, 2.75) is 79.2 Å². The monoisotopic (exact) mass is 292 g/mol. The molecule has 0 unspecified atom stereocenters. The zero-order valence-corrected chi connectivity index (χ0v) is 14.6. The second kappa shape index (κ2) is 8.20. The van der Waals surface area contributed by atoms with Crippen LogP contribution < -0.4 is 10.6 Å². The molecule has 0 fully saturated rings. The smallest absolute Gasteiger partial charge is 0.135 e. The molecule has 0 saturated carbocycles. The number of hydrogen-bond donors (Lipinski definition) is 2. The molecular weight excluding hydrogens is 260 g/mol. The fraction of sp³-hybridized carbons (Fsp3) is 0.765. The molecule has 0 amide bonds. The molecule has 2 N–H and O–H groups in total. The molecule has 0 radical (unpaired) electrons. The van der Waals surface area contributed by atoms with E-state index in [0.717, 1.165) is 61.7 Å². The van der Waals surface area contributed by atoms with E-state index < -0.39 is 0 Å². The summed E-state index contributed by atoms with van der Waals surface area (Å²) in [4.78, 5) is 9.43. The van der Waals surface area contributed by atoms with Gasteiger partial charge in [0.1, 0.15) is 17.5 Å². The molecule has 0 bridgehead atoms. The summed E-state index contributed by atoms with van der Waals surface area (Å²) >= 11 is 0. The SMILES string of the molecule is CCCNc1nc(CCC)nc(NC(C)(CC)CC)c1C. The Hall–Kier alpha value is -1.32. The molecule has 4 nitrogen and oxygen atoms in total. The van der Waals surface area contributed by atoms with Gasteiger partial charge in [0, 0.05) is 24.1 Å². The average Bonchev–Trinajstić information content (AvgIpc) is 2.49. The van der Waals surface area contributed by atoms with Gasteiger partial charge in [-0.1, -0.05) is 27.7 Å². The lowest BCUT2D eigenvalue weighted by molar-refractivity contribution is 0.476. The van der Waals surface area contributed by atoms with E-state index in [1.807, 2.05) is 0 Å². The van der Waals surface area contributed by atoms with Crippen molar-refractivity contribution in [1.82, 2.24) is 9.97 Å². The lowest BCUT2D eigenvalue weighted by atomic mass is 9.95. The van der Waals surface area contributed by atoms with Crippen molar-refractivity contribution in [2.75, 3.05) is 17.2 Å². The summed E-state index contributed by atoms with van der Waals surface area (Å²) in [6.45, 7) is 14.1. The minimum Gasteiger partial charge on any atom is -0.370 e. The van der Waals surface area contributed by atoms with Gasteiger partial charge < -0.3 is 10.6 Å². The predicted octanol–water partition coefficient (Wildman–Crippen LogP) is 4.55. The average molecular weight is 292 g/mol. The van der Waals surface area contributed by atoms with E-state index in [2.05, 4.69) is 57.2 Å². The highest BCUT2D eigenvalue weighted by Crippen LogP contribution is 2.26. The van der Waals surface area contributed by atoms with Crippen molar-refractivity contribution >= 4 is 11.6 Å². The van der Waals surface area contributed by atoms with Crippen molar-refractivity contribution in [2.24, 2.45) is 0 Å². The first-order chi connectivity index (χ1) is 9.99. The Kier molecular flexibility index (Phi) is 6.93. The Morgan fingerprint density at radius 2 is 1.57 bits per heavy atom. The molecule has 21 heavy (non-hydrogen) atoms. The highest BCUT2D eigenvalue weighted by molar-refractivity contribution is 5.58. The van der Waals surface area contributed by atoms with Gasteiger partial charge in [0.15, 0.2) is 0 Å². The molecule has 0 aliphatic rings. The predicted molar refractivity (Wildman–Crippen MR) is 92.2 cm³/mol. The number of nitrogens with one attached hydrogen (secondary N) is 2. The van der Waals surface area contributed by atoms with E-state index in [4.69, 9.17) is 4.98 Å². The third-order valence-corrected chi connectivity index (χ3v) is 4.19. The van der Waals surface area contributed by atoms with Gasteiger partial charge in [0.05, 0.1) is 0 Å². The zero-order chi connectivity index (χ0) is 15.9. The van der Waals surface area contributed by atoms with Gasteiger partial charge in [0.2, 0.25) is 0 Å². The summed E-state index contributed by atoms with van der Waals surface area (Å²) in [5, 5.41) is 7.08. The van der Waals surface area contributed by atoms with Crippen LogP contribution in [0.2, 0.25) is 0 Å². The molecule has 1 rings (SSSR count). The quantitative estimate of drug-likeness (QED) is 0.701. The van der Waals surface area contributed by atoms with Crippen LogP contribution in [0.25, 0.3) is 0 Å². The van der Waals surface area contributed by atoms with Crippen LogP contribution in [0.15, 0.2) is 0 Å². The molecule has 0 atom stereocenters. The van der Waals surface area contributed by atoms with Crippen LogP contribution in [0, 0.1) is 6.92 Å². The van der Waals surface area contributed by atoms with E-state index in [-0.39, 0.29) is 5.54 Å². The maximum atomic E-state index is 4.75. The van der Waals surface area contributed by atoms with Crippen LogP contribution in [0.4, 0.5) is 11.6 Å². The second-order valence-electron chi connectivity index (χ2n) is 6.03. The van der Waals surface area contributed by atoms with Crippen molar-refractivity contribution in [3.05, 3.63) is 11.4 Å². The van der Waals surface area contributed by atoms with Crippen LogP contribution in [0.5, 0.6) is 0 Å². The van der Waals surface area contributed by atoms with Gasteiger partial charge in [0.25, 0.3) is 0 Å². The molecular formula is C17H32N4. The number of anilines is 2. The number of rotatable bonds is 9. The summed E-state index contributed by atoms with van der Waals surface area (Å²) in [5.41, 5.74) is 1.21. The third kappa shape index (κ3) is 4.87. The normalized spacial score (nSPS) is 11.5. The molecule has 0 spiro atoms. The van der Waals surface area contributed by atoms with Crippen molar-refractivity contribution in [3.63, 3.8) is 0 Å². The summed E-state index contributed by atoms with van der Waals surface area (Å²) < 4.78 is 0. The Labute approximate surface area is 130 Å². The van der Waals surface area contributed by atoms with E-state index in [0.29, 0.717) is 0 Å². The fourth-order valence-corrected chi connectivity index (χ4v) is 2.15. The van der Waals surface area contributed by atoms with E-state index in [9.17, 15) is 0 Å². The second-order valence-corrected chi connectivity index (χ2v) is 6.03. The maximum Gasteiger partial charge on any atom is 0.135 e. The highest BCUT2D eigenvalue weighted by Gasteiger charge is 2.22. The fourth-order valence-electron chi connectivity index (χ4n) is 2.15. The van der Waals surface area contributed by atoms with Gasteiger partial charge in [-0.05, 0) is 39.5 Å². The van der Waals surface area contributed by atoms with Crippen LogP contribution in [0.3, 0.4) is 0 Å². The number of nitrogens with zero attached hydrogens (tertiary/aromatic N) is 2. The largest absolute Gasteiger partial charge is 0.370 e. The topological polar surface area (TPSA) is 49.8 Å². The first-order valence-corrected chi connectivity index (χ1v) is 8.39. The van der Waals surface area contributed by atoms with Crippen LogP contribution in [-0.2, 0) is 6.42 Å². The Bertz CT molecular complexity index is 439. The van der Waals surface area contributed by atoms with Crippen molar-refractivity contribution in [1.29, 1.82) is 0 Å². The summed E-state index contributed by atoms with van der Waals surface area (Å²) in [5.74, 6) is 2.89. The van der Waals surface area contributed by atoms with Gasteiger partial charge in [-0.15, -0.1) is 0 Å². The minimum absolute atomic E-state index is 0.0879. The van der Waals surface area contributed by atoms with Gasteiger partial charge >= 0.3 is 0 Å².